The fourth-order valence-electron chi connectivity index (χ4n) is 4.35. The van der Waals surface area contributed by atoms with Gasteiger partial charge in [-0.1, -0.05) is 28.1 Å². The summed E-state index contributed by atoms with van der Waals surface area (Å²) < 4.78 is 18.5. The first-order valence-corrected chi connectivity index (χ1v) is 10.6. The Labute approximate surface area is 183 Å². The van der Waals surface area contributed by atoms with Crippen LogP contribution in [0.25, 0.3) is 22.3 Å². The van der Waals surface area contributed by atoms with Crippen molar-refractivity contribution in [2.24, 2.45) is 0 Å². The molecule has 7 heteroatoms. The van der Waals surface area contributed by atoms with Gasteiger partial charge in [-0.2, -0.15) is 0 Å². The third-order valence-corrected chi connectivity index (χ3v) is 6.44. The highest BCUT2D eigenvalue weighted by Crippen LogP contribution is 2.44. The molecule has 1 aliphatic rings. The molecule has 0 saturated carbocycles. The quantitative estimate of drug-likeness (QED) is 0.603. The molecule has 1 aliphatic heterocycles. The summed E-state index contributed by atoms with van der Waals surface area (Å²) >= 11 is 3.43. The largest absolute Gasteiger partial charge is 0.496 e. The summed E-state index contributed by atoms with van der Waals surface area (Å²) in [5, 5.41) is 10.4. The van der Waals surface area contributed by atoms with Gasteiger partial charge < -0.3 is 23.9 Å². The molecule has 158 valence electrons. The van der Waals surface area contributed by atoms with E-state index in [0.29, 0.717) is 28.2 Å². The lowest BCUT2D eigenvalue weighted by Gasteiger charge is -2.25. The first-order valence-electron chi connectivity index (χ1n) is 9.78. The molecule has 3 aromatic rings. The molecule has 6 nitrogen and oxygen atoms in total. The molecule has 0 bridgehead atoms. The molecule has 2 atom stereocenters. The number of likely N-dealkylation sites (N-methyl/N-ethyl adjacent to an activating group) is 1. The molecule has 0 radical (unpaired) electrons. The molecule has 2 unspecified atom stereocenters. The fourth-order valence-corrected chi connectivity index (χ4v) is 4.61. The average molecular weight is 474 g/mol. The Kier molecular flexibility index (Phi) is 5.86. The number of hydrogen-bond acceptors (Lipinski definition) is 6. The van der Waals surface area contributed by atoms with Crippen LogP contribution in [-0.4, -0.2) is 50.5 Å². The first-order chi connectivity index (χ1) is 14.5. The van der Waals surface area contributed by atoms with Crippen LogP contribution in [0.3, 0.4) is 0 Å². The second kappa shape index (κ2) is 8.41. The number of nitrogens with zero attached hydrogens (tertiary/aromatic N) is 1. The molecule has 0 aliphatic carbocycles. The van der Waals surface area contributed by atoms with Crippen molar-refractivity contribution in [3.8, 4) is 22.8 Å². The molecular formula is C23H24BrNO5. The number of methoxy groups -OCH3 is 2. The first kappa shape index (κ1) is 20.9. The van der Waals surface area contributed by atoms with E-state index in [4.69, 9.17) is 13.9 Å². The summed E-state index contributed by atoms with van der Waals surface area (Å²) in [6, 6.07) is 10.7. The van der Waals surface area contributed by atoms with Crippen LogP contribution in [0, 0.1) is 0 Å². The SMILES string of the molecule is COc1cc(OC)c2c(=O)cc(-c3ccc(Br)cc3)oc2c1C1CCN(C)C1CO. The summed E-state index contributed by atoms with van der Waals surface area (Å²) in [6.07, 6.45) is 0.825. The van der Waals surface area contributed by atoms with Gasteiger partial charge in [0.15, 0.2) is 5.43 Å². The molecule has 0 spiro atoms. The molecular weight excluding hydrogens is 450 g/mol. The highest BCUT2D eigenvalue weighted by Gasteiger charge is 2.37. The highest BCUT2D eigenvalue weighted by atomic mass is 79.9. The Morgan fingerprint density at radius 1 is 1.17 bits per heavy atom. The summed E-state index contributed by atoms with van der Waals surface area (Å²) in [6.45, 7) is 0.845. The van der Waals surface area contributed by atoms with E-state index < -0.39 is 0 Å². The second-order valence-electron chi connectivity index (χ2n) is 7.51. The van der Waals surface area contributed by atoms with Crippen LogP contribution in [0.2, 0.25) is 0 Å². The highest BCUT2D eigenvalue weighted by molar-refractivity contribution is 9.10. The molecule has 4 rings (SSSR count). The Hall–Kier alpha value is -2.35. The maximum absolute atomic E-state index is 13.2. The van der Waals surface area contributed by atoms with Crippen molar-refractivity contribution >= 4 is 26.9 Å². The summed E-state index contributed by atoms with van der Waals surface area (Å²) in [5.74, 6) is 1.44. The van der Waals surface area contributed by atoms with Gasteiger partial charge in [0.2, 0.25) is 0 Å². The molecule has 2 aromatic carbocycles. The topological polar surface area (TPSA) is 72.1 Å². The van der Waals surface area contributed by atoms with Crippen LogP contribution in [0.5, 0.6) is 11.5 Å². The van der Waals surface area contributed by atoms with E-state index in [1.54, 1.807) is 13.2 Å². The van der Waals surface area contributed by atoms with Gasteiger partial charge in [-0.05, 0) is 32.1 Å². The Bertz CT molecular complexity index is 1130. The van der Waals surface area contributed by atoms with Crippen LogP contribution in [-0.2, 0) is 0 Å². The number of fused-ring (bicyclic) bond motifs is 1. The van der Waals surface area contributed by atoms with Gasteiger partial charge in [0.05, 0.1) is 20.8 Å². The van der Waals surface area contributed by atoms with E-state index in [0.717, 1.165) is 28.6 Å². The predicted octanol–water partition coefficient (Wildman–Crippen LogP) is 4.02. The lowest BCUT2D eigenvalue weighted by molar-refractivity contribution is 0.171. The van der Waals surface area contributed by atoms with Gasteiger partial charge in [-0.3, -0.25) is 4.79 Å². The summed E-state index contributed by atoms with van der Waals surface area (Å²) in [4.78, 5) is 15.3. The van der Waals surface area contributed by atoms with Crippen molar-refractivity contribution in [2.45, 2.75) is 18.4 Å². The molecule has 1 fully saturated rings. The number of rotatable bonds is 5. The molecule has 1 N–H and O–H groups in total. The van der Waals surface area contributed by atoms with Crippen LogP contribution in [0.4, 0.5) is 0 Å². The molecule has 2 heterocycles. The van der Waals surface area contributed by atoms with Gasteiger partial charge in [0, 0.05) is 39.7 Å². The summed E-state index contributed by atoms with van der Waals surface area (Å²) in [5.41, 5.74) is 1.87. The lowest BCUT2D eigenvalue weighted by Crippen LogP contribution is -2.32. The minimum absolute atomic E-state index is 0.00841. The predicted molar refractivity (Wildman–Crippen MR) is 120 cm³/mol. The van der Waals surface area contributed by atoms with Crippen molar-refractivity contribution in [1.29, 1.82) is 0 Å². The zero-order chi connectivity index (χ0) is 21.4. The van der Waals surface area contributed by atoms with E-state index in [1.807, 2.05) is 31.3 Å². The monoisotopic (exact) mass is 473 g/mol. The average Bonchev–Trinajstić information content (AvgIpc) is 3.12. The van der Waals surface area contributed by atoms with Crippen molar-refractivity contribution in [3.63, 3.8) is 0 Å². The van der Waals surface area contributed by atoms with Crippen molar-refractivity contribution in [1.82, 2.24) is 4.90 Å². The van der Waals surface area contributed by atoms with Crippen LogP contribution in [0.15, 0.2) is 50.1 Å². The van der Waals surface area contributed by atoms with Gasteiger partial charge in [-0.15, -0.1) is 0 Å². The Morgan fingerprint density at radius 2 is 1.87 bits per heavy atom. The third-order valence-electron chi connectivity index (χ3n) is 5.92. The maximum Gasteiger partial charge on any atom is 0.197 e. The van der Waals surface area contributed by atoms with E-state index in [-0.39, 0.29) is 24.0 Å². The van der Waals surface area contributed by atoms with Crippen molar-refractivity contribution in [3.05, 3.63) is 56.7 Å². The minimum atomic E-state index is -0.179. The van der Waals surface area contributed by atoms with Gasteiger partial charge in [0.1, 0.15) is 28.2 Å². The number of benzene rings is 2. The Morgan fingerprint density at radius 3 is 2.50 bits per heavy atom. The fraction of sp³-hybridized carbons (Fsp3) is 0.348. The van der Waals surface area contributed by atoms with Gasteiger partial charge in [0.25, 0.3) is 0 Å². The number of ether oxygens (including phenoxy) is 2. The smallest absolute Gasteiger partial charge is 0.197 e. The number of hydrogen-bond donors (Lipinski definition) is 1. The third kappa shape index (κ3) is 3.51. The van der Waals surface area contributed by atoms with E-state index in [2.05, 4.69) is 20.8 Å². The van der Waals surface area contributed by atoms with E-state index in [1.165, 1.54) is 13.2 Å². The van der Waals surface area contributed by atoms with E-state index in [9.17, 15) is 9.90 Å². The number of aliphatic hydroxyl groups excluding tert-OH is 1. The maximum atomic E-state index is 13.2. The number of likely N-dealkylation sites (tertiary alicyclic amines) is 1. The standard InChI is InChI=1S/C23H24BrNO5/c1-25-9-8-15(16(25)12-26)21-19(28-2)11-20(29-3)22-17(27)10-18(30-23(21)22)13-4-6-14(24)7-5-13/h4-7,10-11,15-16,26H,8-9,12H2,1-3H3. The molecule has 30 heavy (non-hydrogen) atoms. The number of aliphatic hydroxyl groups is 1. The van der Waals surface area contributed by atoms with Crippen molar-refractivity contribution in [2.75, 3.05) is 34.4 Å². The number of halogens is 1. The van der Waals surface area contributed by atoms with Crippen LogP contribution in [0.1, 0.15) is 17.9 Å². The van der Waals surface area contributed by atoms with E-state index >= 15 is 0 Å². The van der Waals surface area contributed by atoms with Gasteiger partial charge >= 0.3 is 0 Å². The molecule has 1 aromatic heterocycles. The zero-order valence-electron chi connectivity index (χ0n) is 17.1. The summed E-state index contributed by atoms with van der Waals surface area (Å²) in [7, 11) is 5.10. The van der Waals surface area contributed by atoms with Crippen LogP contribution >= 0.6 is 15.9 Å². The second-order valence-corrected chi connectivity index (χ2v) is 8.42. The van der Waals surface area contributed by atoms with Crippen LogP contribution < -0.4 is 14.9 Å². The van der Waals surface area contributed by atoms with Gasteiger partial charge in [-0.25, -0.2) is 0 Å². The molecule has 0 amide bonds. The Balaban J connectivity index is 2.03. The zero-order valence-corrected chi connectivity index (χ0v) is 18.7. The van der Waals surface area contributed by atoms with Crippen molar-refractivity contribution < 1.29 is 19.0 Å². The normalized spacial score (nSPS) is 19.4. The minimum Gasteiger partial charge on any atom is -0.496 e. The molecule has 1 saturated heterocycles. The lowest BCUT2D eigenvalue weighted by atomic mass is 9.89.